The van der Waals surface area contributed by atoms with E-state index >= 15 is 0 Å². The van der Waals surface area contributed by atoms with E-state index in [-0.39, 0.29) is 0 Å². The van der Waals surface area contributed by atoms with Gasteiger partial charge in [-0.25, -0.2) is 0 Å². The molecule has 0 atom stereocenters. The van der Waals surface area contributed by atoms with E-state index in [0.717, 1.165) is 16.7 Å². The van der Waals surface area contributed by atoms with Crippen LogP contribution in [0, 0.1) is 0 Å². The Morgan fingerprint density at radius 2 is 1.62 bits per heavy atom. The second-order valence-electron chi connectivity index (χ2n) is 4.77. The Labute approximate surface area is 129 Å². The molecule has 0 spiro atoms. The molecule has 2 N–H and O–H groups in total. The molecular weight excluding hydrogens is 280 g/mol. The number of benzene rings is 2. The molecule has 2 aromatic carbocycles. The van der Waals surface area contributed by atoms with Crippen LogP contribution >= 0.6 is 12.2 Å². The summed E-state index contributed by atoms with van der Waals surface area (Å²) in [6.07, 6.45) is 0. The Balaban J connectivity index is 1.51. The van der Waals surface area contributed by atoms with Gasteiger partial charge in [0.15, 0.2) is 5.11 Å². The molecule has 0 unspecified atom stereocenters. The molecule has 4 heteroatoms. The standard InChI is InChI=1S/C17H16N2OS/c21-17(18-11-13-6-2-1-3-7-13)19-12-15-10-14-8-4-5-9-16(14)20-15/h1-10H,11-12H2,(H2,18,19,21). The van der Waals surface area contributed by atoms with E-state index in [2.05, 4.69) is 22.8 Å². The first-order valence-corrected chi connectivity index (χ1v) is 7.25. The Hall–Kier alpha value is -2.33. The molecule has 0 aliphatic carbocycles. The lowest BCUT2D eigenvalue weighted by atomic mass is 10.2. The average molecular weight is 296 g/mol. The number of hydrogen-bond acceptors (Lipinski definition) is 2. The van der Waals surface area contributed by atoms with Crippen molar-refractivity contribution >= 4 is 28.3 Å². The zero-order valence-corrected chi connectivity index (χ0v) is 12.3. The molecule has 0 aliphatic rings. The SMILES string of the molecule is S=C(NCc1ccccc1)NCc1cc2ccccc2o1. The minimum Gasteiger partial charge on any atom is -0.459 e. The van der Waals surface area contributed by atoms with Crippen molar-refractivity contribution in [3.63, 3.8) is 0 Å². The molecule has 3 nitrogen and oxygen atoms in total. The second-order valence-corrected chi connectivity index (χ2v) is 5.18. The third-order valence-corrected chi connectivity index (χ3v) is 3.48. The molecule has 0 amide bonds. The Morgan fingerprint density at radius 1 is 0.905 bits per heavy atom. The maximum absolute atomic E-state index is 5.73. The highest BCUT2D eigenvalue weighted by Crippen LogP contribution is 2.18. The molecular formula is C17H16N2OS. The number of rotatable bonds is 4. The van der Waals surface area contributed by atoms with E-state index in [0.29, 0.717) is 18.2 Å². The van der Waals surface area contributed by atoms with Gasteiger partial charge in [0.1, 0.15) is 11.3 Å². The summed E-state index contributed by atoms with van der Waals surface area (Å²) in [6.45, 7) is 1.29. The largest absolute Gasteiger partial charge is 0.459 e. The molecule has 0 saturated carbocycles. The number of hydrogen-bond donors (Lipinski definition) is 2. The lowest BCUT2D eigenvalue weighted by Crippen LogP contribution is -2.34. The molecule has 3 rings (SSSR count). The van der Waals surface area contributed by atoms with Gasteiger partial charge >= 0.3 is 0 Å². The van der Waals surface area contributed by atoms with Gasteiger partial charge in [-0.3, -0.25) is 0 Å². The van der Waals surface area contributed by atoms with Crippen molar-refractivity contribution in [3.05, 3.63) is 72.0 Å². The molecule has 1 aromatic heterocycles. The smallest absolute Gasteiger partial charge is 0.166 e. The van der Waals surface area contributed by atoms with Gasteiger partial charge in [0.2, 0.25) is 0 Å². The molecule has 21 heavy (non-hydrogen) atoms. The van der Waals surface area contributed by atoms with Crippen molar-refractivity contribution in [3.8, 4) is 0 Å². The van der Waals surface area contributed by atoms with Crippen LogP contribution in [0.25, 0.3) is 11.0 Å². The zero-order valence-electron chi connectivity index (χ0n) is 11.5. The first kappa shape index (κ1) is 13.6. The maximum atomic E-state index is 5.73. The van der Waals surface area contributed by atoms with Gasteiger partial charge in [0.05, 0.1) is 6.54 Å². The third-order valence-electron chi connectivity index (χ3n) is 3.20. The topological polar surface area (TPSA) is 37.2 Å². The molecule has 0 bridgehead atoms. The Bertz CT molecular complexity index is 704. The number of furan rings is 1. The van der Waals surface area contributed by atoms with Gasteiger partial charge in [0.25, 0.3) is 0 Å². The quantitative estimate of drug-likeness (QED) is 0.721. The maximum Gasteiger partial charge on any atom is 0.166 e. The fourth-order valence-corrected chi connectivity index (χ4v) is 2.28. The second kappa shape index (κ2) is 6.41. The van der Waals surface area contributed by atoms with Crippen LogP contribution in [0.2, 0.25) is 0 Å². The van der Waals surface area contributed by atoms with Crippen molar-refractivity contribution in [2.45, 2.75) is 13.1 Å². The Morgan fingerprint density at radius 3 is 2.43 bits per heavy atom. The van der Waals surface area contributed by atoms with Gasteiger partial charge in [-0.15, -0.1) is 0 Å². The monoisotopic (exact) mass is 296 g/mol. The molecule has 106 valence electrons. The van der Waals surface area contributed by atoms with Crippen LogP contribution in [0.1, 0.15) is 11.3 Å². The molecule has 1 heterocycles. The number of fused-ring (bicyclic) bond motifs is 1. The van der Waals surface area contributed by atoms with Crippen LogP contribution < -0.4 is 10.6 Å². The fraction of sp³-hybridized carbons (Fsp3) is 0.118. The summed E-state index contributed by atoms with van der Waals surface area (Å²) in [6, 6.07) is 20.2. The minimum atomic E-state index is 0.579. The van der Waals surface area contributed by atoms with Crippen LogP contribution in [0.15, 0.2) is 65.1 Å². The van der Waals surface area contributed by atoms with Crippen LogP contribution in [0.4, 0.5) is 0 Å². The van der Waals surface area contributed by atoms with E-state index in [4.69, 9.17) is 16.6 Å². The van der Waals surface area contributed by atoms with Crippen molar-refractivity contribution in [1.29, 1.82) is 0 Å². The zero-order chi connectivity index (χ0) is 14.5. The number of thiocarbonyl (C=S) groups is 1. The van der Waals surface area contributed by atoms with Crippen molar-refractivity contribution < 1.29 is 4.42 Å². The van der Waals surface area contributed by atoms with E-state index in [1.165, 1.54) is 5.56 Å². The van der Waals surface area contributed by atoms with Crippen molar-refractivity contribution in [1.82, 2.24) is 10.6 Å². The summed E-state index contributed by atoms with van der Waals surface area (Å²) >= 11 is 5.27. The summed E-state index contributed by atoms with van der Waals surface area (Å²) in [7, 11) is 0. The highest BCUT2D eigenvalue weighted by Gasteiger charge is 2.03. The van der Waals surface area contributed by atoms with Gasteiger partial charge in [-0.05, 0) is 29.9 Å². The first-order chi connectivity index (χ1) is 10.3. The van der Waals surface area contributed by atoms with E-state index < -0.39 is 0 Å². The molecule has 0 radical (unpaired) electrons. The highest BCUT2D eigenvalue weighted by atomic mass is 32.1. The van der Waals surface area contributed by atoms with E-state index in [1.54, 1.807) is 0 Å². The van der Waals surface area contributed by atoms with Gasteiger partial charge in [0, 0.05) is 11.9 Å². The van der Waals surface area contributed by atoms with Crippen LogP contribution in [0.5, 0.6) is 0 Å². The summed E-state index contributed by atoms with van der Waals surface area (Å²) in [5.41, 5.74) is 2.10. The average Bonchev–Trinajstić information content (AvgIpc) is 2.95. The third kappa shape index (κ3) is 3.61. The molecule has 0 fully saturated rings. The Kier molecular flexibility index (Phi) is 4.17. The lowest BCUT2D eigenvalue weighted by molar-refractivity contribution is 0.539. The summed E-state index contributed by atoms with van der Waals surface area (Å²) in [4.78, 5) is 0. The molecule has 0 aliphatic heterocycles. The molecule has 3 aromatic rings. The predicted molar refractivity (Wildman–Crippen MR) is 88.9 cm³/mol. The van der Waals surface area contributed by atoms with Gasteiger partial charge in [-0.1, -0.05) is 48.5 Å². The van der Waals surface area contributed by atoms with E-state index in [1.807, 2.05) is 48.5 Å². The normalized spacial score (nSPS) is 10.5. The van der Waals surface area contributed by atoms with Gasteiger partial charge in [-0.2, -0.15) is 0 Å². The minimum absolute atomic E-state index is 0.579. The predicted octanol–water partition coefficient (Wildman–Crippen LogP) is 3.60. The van der Waals surface area contributed by atoms with E-state index in [9.17, 15) is 0 Å². The van der Waals surface area contributed by atoms with Crippen LogP contribution in [-0.2, 0) is 13.1 Å². The van der Waals surface area contributed by atoms with Gasteiger partial charge < -0.3 is 15.1 Å². The van der Waals surface area contributed by atoms with Crippen LogP contribution in [0.3, 0.4) is 0 Å². The summed E-state index contributed by atoms with van der Waals surface area (Å²) in [5, 5.41) is 8.07. The fourth-order valence-electron chi connectivity index (χ4n) is 2.13. The van der Waals surface area contributed by atoms with Crippen molar-refractivity contribution in [2.75, 3.05) is 0 Å². The van der Waals surface area contributed by atoms with Crippen LogP contribution in [-0.4, -0.2) is 5.11 Å². The lowest BCUT2D eigenvalue weighted by Gasteiger charge is -2.09. The highest BCUT2D eigenvalue weighted by molar-refractivity contribution is 7.80. The van der Waals surface area contributed by atoms with Crippen molar-refractivity contribution in [2.24, 2.45) is 0 Å². The summed E-state index contributed by atoms with van der Waals surface area (Å²) < 4.78 is 5.73. The summed E-state index contributed by atoms with van der Waals surface area (Å²) in [5.74, 6) is 0.875. The number of para-hydroxylation sites is 1. The molecule has 0 saturated heterocycles. The first-order valence-electron chi connectivity index (χ1n) is 6.84. The number of nitrogens with one attached hydrogen (secondary N) is 2.